The van der Waals surface area contributed by atoms with E-state index in [1.54, 1.807) is 0 Å². The number of rotatable bonds is 6. The van der Waals surface area contributed by atoms with Gasteiger partial charge in [0.15, 0.2) is 0 Å². The second-order valence-corrected chi connectivity index (χ2v) is 6.11. The van der Waals surface area contributed by atoms with Crippen molar-refractivity contribution in [2.75, 3.05) is 13.1 Å². The average Bonchev–Trinajstić information content (AvgIpc) is 2.31. The van der Waals surface area contributed by atoms with E-state index in [0.717, 1.165) is 18.8 Å². The highest BCUT2D eigenvalue weighted by Gasteiger charge is 2.15. The van der Waals surface area contributed by atoms with Crippen LogP contribution in [0.3, 0.4) is 0 Å². The van der Waals surface area contributed by atoms with Crippen LogP contribution in [0, 0.1) is 6.92 Å². The van der Waals surface area contributed by atoms with Crippen LogP contribution in [0.2, 0.25) is 0 Å². The fourth-order valence-corrected chi connectivity index (χ4v) is 1.90. The standard InChI is InChI=1S/C17H27NO/c1-7-10-18-12-14(3)19-16-9-8-15(11-13(16)2)17(4,5)6/h7-9,11,14,18H,1,10,12H2,2-6H3. The second kappa shape index (κ2) is 6.76. The van der Waals surface area contributed by atoms with Crippen molar-refractivity contribution in [1.29, 1.82) is 0 Å². The van der Waals surface area contributed by atoms with E-state index in [9.17, 15) is 0 Å². The first kappa shape index (κ1) is 15.8. The Hall–Kier alpha value is -1.28. The van der Waals surface area contributed by atoms with Crippen LogP contribution in [0.1, 0.15) is 38.8 Å². The van der Waals surface area contributed by atoms with Crippen LogP contribution in [0.5, 0.6) is 5.75 Å². The lowest BCUT2D eigenvalue weighted by atomic mass is 9.86. The van der Waals surface area contributed by atoms with Crippen molar-refractivity contribution in [3.63, 3.8) is 0 Å². The summed E-state index contributed by atoms with van der Waals surface area (Å²) in [5.74, 6) is 0.973. The van der Waals surface area contributed by atoms with Gasteiger partial charge in [-0.05, 0) is 36.5 Å². The first-order valence-electron chi connectivity index (χ1n) is 6.94. The zero-order chi connectivity index (χ0) is 14.5. The molecule has 1 aromatic carbocycles. The van der Waals surface area contributed by atoms with Crippen LogP contribution in [0.15, 0.2) is 30.9 Å². The Labute approximate surface area is 117 Å². The maximum absolute atomic E-state index is 5.96. The first-order valence-corrected chi connectivity index (χ1v) is 6.94. The summed E-state index contributed by atoms with van der Waals surface area (Å²) in [5, 5.41) is 3.27. The molecule has 106 valence electrons. The highest BCUT2D eigenvalue weighted by molar-refractivity contribution is 5.38. The van der Waals surface area contributed by atoms with E-state index < -0.39 is 0 Å². The number of benzene rings is 1. The Morgan fingerprint density at radius 2 is 2.05 bits per heavy atom. The molecule has 0 heterocycles. The van der Waals surface area contributed by atoms with Crippen LogP contribution in [0.4, 0.5) is 0 Å². The number of hydrogen-bond donors (Lipinski definition) is 1. The van der Waals surface area contributed by atoms with Crippen molar-refractivity contribution in [3.8, 4) is 5.75 Å². The van der Waals surface area contributed by atoms with E-state index in [2.05, 4.69) is 64.7 Å². The van der Waals surface area contributed by atoms with Gasteiger partial charge >= 0.3 is 0 Å². The monoisotopic (exact) mass is 261 g/mol. The summed E-state index contributed by atoms with van der Waals surface area (Å²) < 4.78 is 5.96. The molecule has 0 aliphatic carbocycles. The molecular formula is C17H27NO. The Balaban J connectivity index is 2.67. The van der Waals surface area contributed by atoms with Crippen molar-refractivity contribution in [3.05, 3.63) is 42.0 Å². The van der Waals surface area contributed by atoms with Crippen LogP contribution in [0.25, 0.3) is 0 Å². The third-order valence-electron chi connectivity index (χ3n) is 3.09. The van der Waals surface area contributed by atoms with E-state index in [4.69, 9.17) is 4.74 Å². The molecule has 0 saturated heterocycles. The van der Waals surface area contributed by atoms with Gasteiger partial charge in [0, 0.05) is 13.1 Å². The van der Waals surface area contributed by atoms with E-state index in [-0.39, 0.29) is 11.5 Å². The third-order valence-corrected chi connectivity index (χ3v) is 3.09. The minimum absolute atomic E-state index is 0.152. The molecule has 2 heteroatoms. The topological polar surface area (TPSA) is 21.3 Å². The Kier molecular flexibility index (Phi) is 5.61. The molecule has 0 radical (unpaired) electrons. The van der Waals surface area contributed by atoms with Crippen LogP contribution < -0.4 is 10.1 Å². The number of hydrogen-bond acceptors (Lipinski definition) is 2. The molecule has 1 aromatic rings. The maximum Gasteiger partial charge on any atom is 0.122 e. The molecule has 0 fully saturated rings. The highest BCUT2D eigenvalue weighted by Crippen LogP contribution is 2.27. The summed E-state index contributed by atoms with van der Waals surface area (Å²) in [4.78, 5) is 0. The molecule has 0 aliphatic rings. The normalized spacial score (nSPS) is 13.1. The van der Waals surface area contributed by atoms with Crippen LogP contribution >= 0.6 is 0 Å². The number of ether oxygens (including phenoxy) is 1. The average molecular weight is 261 g/mol. The fourth-order valence-electron chi connectivity index (χ4n) is 1.90. The quantitative estimate of drug-likeness (QED) is 0.620. The molecule has 0 saturated carbocycles. The van der Waals surface area contributed by atoms with E-state index in [0.29, 0.717) is 0 Å². The summed E-state index contributed by atoms with van der Waals surface area (Å²) in [7, 11) is 0. The van der Waals surface area contributed by atoms with Crippen LogP contribution in [-0.4, -0.2) is 19.2 Å². The molecule has 0 spiro atoms. The lowest BCUT2D eigenvalue weighted by Crippen LogP contribution is -2.29. The van der Waals surface area contributed by atoms with Gasteiger partial charge in [0.2, 0.25) is 0 Å². The van der Waals surface area contributed by atoms with Crippen molar-refractivity contribution in [1.82, 2.24) is 5.32 Å². The third kappa shape index (κ3) is 5.07. The van der Waals surface area contributed by atoms with Gasteiger partial charge in [-0.1, -0.05) is 39.0 Å². The molecule has 2 nitrogen and oxygen atoms in total. The van der Waals surface area contributed by atoms with Crippen molar-refractivity contribution in [2.45, 2.75) is 46.1 Å². The SMILES string of the molecule is C=CCNCC(C)Oc1ccc(C(C)(C)C)cc1C. The van der Waals surface area contributed by atoms with Gasteiger partial charge in [-0.3, -0.25) is 0 Å². The molecule has 0 aliphatic heterocycles. The van der Waals surface area contributed by atoms with Crippen LogP contribution in [-0.2, 0) is 5.41 Å². The molecule has 19 heavy (non-hydrogen) atoms. The molecule has 1 N–H and O–H groups in total. The molecule has 1 rings (SSSR count). The summed E-state index contributed by atoms with van der Waals surface area (Å²) in [6.07, 6.45) is 2.01. The summed E-state index contributed by atoms with van der Waals surface area (Å²) >= 11 is 0. The number of nitrogens with one attached hydrogen (secondary N) is 1. The van der Waals surface area contributed by atoms with Gasteiger partial charge in [0.1, 0.15) is 11.9 Å². The van der Waals surface area contributed by atoms with Gasteiger partial charge in [-0.25, -0.2) is 0 Å². The highest BCUT2D eigenvalue weighted by atomic mass is 16.5. The summed E-state index contributed by atoms with van der Waals surface area (Å²) in [6.45, 7) is 16.2. The van der Waals surface area contributed by atoms with E-state index >= 15 is 0 Å². The predicted molar refractivity (Wildman–Crippen MR) is 83.0 cm³/mol. The van der Waals surface area contributed by atoms with Gasteiger partial charge in [-0.15, -0.1) is 6.58 Å². The summed E-state index contributed by atoms with van der Waals surface area (Å²) in [5.41, 5.74) is 2.72. The Bertz CT molecular complexity index is 418. The van der Waals surface area contributed by atoms with Crippen molar-refractivity contribution in [2.24, 2.45) is 0 Å². The molecule has 0 aromatic heterocycles. The maximum atomic E-state index is 5.96. The van der Waals surface area contributed by atoms with Gasteiger partial charge in [-0.2, -0.15) is 0 Å². The molecule has 1 unspecified atom stereocenters. The minimum Gasteiger partial charge on any atom is -0.489 e. The van der Waals surface area contributed by atoms with E-state index in [1.165, 1.54) is 11.1 Å². The van der Waals surface area contributed by atoms with E-state index in [1.807, 2.05) is 6.08 Å². The largest absolute Gasteiger partial charge is 0.489 e. The lowest BCUT2D eigenvalue weighted by Gasteiger charge is -2.22. The second-order valence-electron chi connectivity index (χ2n) is 6.11. The molecule has 1 atom stereocenters. The molecular weight excluding hydrogens is 234 g/mol. The zero-order valence-corrected chi connectivity index (χ0v) is 12.9. The summed E-state index contributed by atoms with van der Waals surface area (Å²) in [6, 6.07) is 6.46. The molecule has 0 bridgehead atoms. The van der Waals surface area contributed by atoms with Gasteiger partial charge in [0.25, 0.3) is 0 Å². The Morgan fingerprint density at radius 3 is 2.58 bits per heavy atom. The fraction of sp³-hybridized carbons (Fsp3) is 0.529. The molecule has 0 amide bonds. The number of aryl methyl sites for hydroxylation is 1. The predicted octanol–water partition coefficient (Wildman–Crippen LogP) is 3.84. The van der Waals surface area contributed by atoms with Gasteiger partial charge < -0.3 is 10.1 Å². The smallest absolute Gasteiger partial charge is 0.122 e. The lowest BCUT2D eigenvalue weighted by molar-refractivity contribution is 0.217. The van der Waals surface area contributed by atoms with Crippen molar-refractivity contribution >= 4 is 0 Å². The Morgan fingerprint density at radius 1 is 1.37 bits per heavy atom. The zero-order valence-electron chi connectivity index (χ0n) is 12.9. The minimum atomic E-state index is 0.152. The van der Waals surface area contributed by atoms with Crippen molar-refractivity contribution < 1.29 is 4.74 Å². The first-order chi connectivity index (χ1) is 8.84. The van der Waals surface area contributed by atoms with Gasteiger partial charge in [0.05, 0.1) is 0 Å².